The van der Waals surface area contributed by atoms with Gasteiger partial charge in [-0.2, -0.15) is 4.31 Å². The van der Waals surface area contributed by atoms with E-state index < -0.39 is 10.0 Å². The van der Waals surface area contributed by atoms with Crippen molar-refractivity contribution in [1.29, 1.82) is 0 Å². The number of hydrogen-bond donors (Lipinski definition) is 1. The van der Waals surface area contributed by atoms with Crippen LogP contribution in [0.3, 0.4) is 0 Å². The highest BCUT2D eigenvalue weighted by Gasteiger charge is 2.31. The molecule has 0 saturated carbocycles. The molecule has 4 nitrogen and oxygen atoms in total. The zero-order chi connectivity index (χ0) is 15.6. The highest BCUT2D eigenvalue weighted by molar-refractivity contribution is 7.89. The van der Waals surface area contributed by atoms with Crippen molar-refractivity contribution in [1.82, 2.24) is 9.62 Å². The predicted molar refractivity (Wildman–Crippen MR) is 86.2 cm³/mol. The van der Waals surface area contributed by atoms with E-state index in [2.05, 4.69) is 5.32 Å². The Hall–Kier alpha value is -0.620. The second-order valence-electron chi connectivity index (χ2n) is 5.82. The molecule has 0 bridgehead atoms. The fourth-order valence-corrected chi connectivity index (χ4v) is 4.87. The quantitative estimate of drug-likeness (QED) is 0.903. The van der Waals surface area contributed by atoms with Crippen LogP contribution < -0.4 is 5.32 Å². The number of nitrogens with zero attached hydrogens (tertiary/aromatic N) is 1. The van der Waals surface area contributed by atoms with Crippen molar-refractivity contribution in [3.8, 4) is 0 Å². The lowest BCUT2D eigenvalue weighted by Crippen LogP contribution is -2.44. The Balaban J connectivity index is 2.35. The highest BCUT2D eigenvalue weighted by atomic mass is 35.5. The van der Waals surface area contributed by atoms with E-state index in [1.54, 1.807) is 29.4 Å². The van der Waals surface area contributed by atoms with Crippen LogP contribution in [0.2, 0.25) is 5.02 Å². The summed E-state index contributed by atoms with van der Waals surface area (Å²) < 4.78 is 27.5. The molecule has 1 fully saturated rings. The molecule has 1 aliphatic heterocycles. The average Bonchev–Trinajstić information content (AvgIpc) is 2.91. The van der Waals surface area contributed by atoms with E-state index >= 15 is 0 Å². The van der Waals surface area contributed by atoms with E-state index in [1.165, 1.54) is 0 Å². The molecule has 1 aromatic rings. The van der Waals surface area contributed by atoms with Crippen LogP contribution in [0.4, 0.5) is 0 Å². The Labute approximate surface area is 132 Å². The number of hydrogen-bond acceptors (Lipinski definition) is 3. The minimum atomic E-state index is -3.53. The van der Waals surface area contributed by atoms with Gasteiger partial charge in [-0.1, -0.05) is 17.7 Å². The molecular weight excluding hydrogens is 308 g/mol. The molecule has 2 rings (SSSR count). The molecule has 1 heterocycles. The van der Waals surface area contributed by atoms with Gasteiger partial charge in [0.25, 0.3) is 0 Å². The summed E-state index contributed by atoms with van der Waals surface area (Å²) >= 11 is 6.08. The van der Waals surface area contributed by atoms with Crippen molar-refractivity contribution in [3.05, 3.63) is 28.8 Å². The number of benzene rings is 1. The summed E-state index contributed by atoms with van der Waals surface area (Å²) in [5, 5.41) is 3.84. The first-order valence-corrected chi connectivity index (χ1v) is 9.16. The molecule has 1 saturated heterocycles. The van der Waals surface area contributed by atoms with E-state index in [0.717, 1.165) is 19.4 Å². The van der Waals surface area contributed by atoms with Gasteiger partial charge in [-0.25, -0.2) is 8.42 Å². The maximum atomic E-state index is 13.0. The molecule has 1 N–H and O–H groups in total. The fraction of sp³-hybridized carbons (Fsp3) is 0.600. The minimum Gasteiger partial charge on any atom is -0.313 e. The smallest absolute Gasteiger partial charge is 0.243 e. The Morgan fingerprint density at radius 3 is 2.71 bits per heavy atom. The van der Waals surface area contributed by atoms with Gasteiger partial charge in [0, 0.05) is 23.7 Å². The average molecular weight is 331 g/mol. The van der Waals surface area contributed by atoms with Crippen molar-refractivity contribution in [2.45, 2.75) is 50.6 Å². The van der Waals surface area contributed by atoms with Gasteiger partial charge < -0.3 is 5.32 Å². The number of halogens is 1. The summed E-state index contributed by atoms with van der Waals surface area (Å²) in [7, 11) is -3.53. The zero-order valence-electron chi connectivity index (χ0n) is 12.8. The molecule has 0 aliphatic carbocycles. The Kier molecular flexibility index (Phi) is 5.30. The summed E-state index contributed by atoms with van der Waals surface area (Å²) in [6.07, 6.45) is 2.13. The third-order valence-electron chi connectivity index (χ3n) is 3.94. The van der Waals surface area contributed by atoms with Gasteiger partial charge in [-0.05, 0) is 57.9 Å². The second-order valence-corrected chi connectivity index (χ2v) is 8.09. The topological polar surface area (TPSA) is 49.4 Å². The van der Waals surface area contributed by atoms with Crippen LogP contribution in [0.5, 0.6) is 0 Å². The first kappa shape index (κ1) is 16.7. The van der Waals surface area contributed by atoms with Gasteiger partial charge in [-0.3, -0.25) is 0 Å². The van der Waals surface area contributed by atoms with Gasteiger partial charge >= 0.3 is 0 Å². The van der Waals surface area contributed by atoms with Crippen molar-refractivity contribution in [2.24, 2.45) is 0 Å². The molecule has 1 aliphatic rings. The van der Waals surface area contributed by atoms with E-state index in [9.17, 15) is 8.42 Å². The van der Waals surface area contributed by atoms with Gasteiger partial charge in [0.15, 0.2) is 0 Å². The van der Waals surface area contributed by atoms with Crippen LogP contribution in [-0.2, 0) is 10.0 Å². The SMILES string of the molecule is Cc1c(Cl)cccc1S(=O)(=O)N(CC1CCCN1)C(C)C. The first-order chi connectivity index (χ1) is 9.84. The van der Waals surface area contributed by atoms with Crippen molar-refractivity contribution in [3.63, 3.8) is 0 Å². The van der Waals surface area contributed by atoms with E-state index in [-0.39, 0.29) is 12.1 Å². The summed E-state index contributed by atoms with van der Waals surface area (Å²) in [6.45, 7) is 7.04. The van der Waals surface area contributed by atoms with Crippen LogP contribution in [0, 0.1) is 6.92 Å². The number of nitrogens with one attached hydrogen (secondary N) is 1. The largest absolute Gasteiger partial charge is 0.313 e. The van der Waals surface area contributed by atoms with Gasteiger partial charge in [0.1, 0.15) is 0 Å². The lowest BCUT2D eigenvalue weighted by Gasteiger charge is -2.29. The molecule has 118 valence electrons. The third kappa shape index (κ3) is 3.59. The zero-order valence-corrected chi connectivity index (χ0v) is 14.3. The summed E-state index contributed by atoms with van der Waals surface area (Å²) in [4.78, 5) is 0.307. The van der Waals surface area contributed by atoms with Gasteiger partial charge in [-0.15, -0.1) is 0 Å². The monoisotopic (exact) mass is 330 g/mol. The lowest BCUT2D eigenvalue weighted by molar-refractivity contribution is 0.322. The Bertz CT molecular complexity index is 596. The lowest BCUT2D eigenvalue weighted by atomic mass is 10.2. The normalized spacial score (nSPS) is 19.6. The molecule has 1 aromatic carbocycles. The maximum absolute atomic E-state index is 13.0. The number of rotatable bonds is 5. The summed E-state index contributed by atoms with van der Waals surface area (Å²) in [5.74, 6) is 0. The van der Waals surface area contributed by atoms with E-state index in [0.29, 0.717) is 22.0 Å². The summed E-state index contributed by atoms with van der Waals surface area (Å²) in [5.41, 5.74) is 0.615. The van der Waals surface area contributed by atoms with Crippen LogP contribution in [-0.4, -0.2) is 37.9 Å². The molecule has 0 aromatic heterocycles. The third-order valence-corrected chi connectivity index (χ3v) is 6.54. The maximum Gasteiger partial charge on any atom is 0.243 e. The molecular formula is C15H23ClN2O2S. The molecule has 0 amide bonds. The Morgan fingerprint density at radius 2 is 2.14 bits per heavy atom. The Morgan fingerprint density at radius 1 is 1.43 bits per heavy atom. The number of sulfonamides is 1. The van der Waals surface area contributed by atoms with Crippen molar-refractivity contribution >= 4 is 21.6 Å². The van der Waals surface area contributed by atoms with Crippen LogP contribution in [0.1, 0.15) is 32.3 Å². The molecule has 6 heteroatoms. The first-order valence-electron chi connectivity index (χ1n) is 7.34. The van der Waals surface area contributed by atoms with Crippen LogP contribution in [0.15, 0.2) is 23.1 Å². The van der Waals surface area contributed by atoms with Crippen LogP contribution >= 0.6 is 11.6 Å². The van der Waals surface area contributed by atoms with Crippen molar-refractivity contribution in [2.75, 3.05) is 13.1 Å². The van der Waals surface area contributed by atoms with Gasteiger partial charge in [0.2, 0.25) is 10.0 Å². The summed E-state index contributed by atoms with van der Waals surface area (Å²) in [6, 6.07) is 5.19. The molecule has 1 atom stereocenters. The predicted octanol–water partition coefficient (Wildman–Crippen LogP) is 2.80. The van der Waals surface area contributed by atoms with E-state index in [4.69, 9.17) is 11.6 Å². The minimum absolute atomic E-state index is 0.0872. The molecule has 0 spiro atoms. The van der Waals surface area contributed by atoms with Crippen molar-refractivity contribution < 1.29 is 8.42 Å². The fourth-order valence-electron chi connectivity index (χ4n) is 2.71. The molecule has 21 heavy (non-hydrogen) atoms. The van der Waals surface area contributed by atoms with Gasteiger partial charge in [0.05, 0.1) is 4.90 Å². The standard InChI is InChI=1S/C15H23ClN2O2S/c1-11(2)18(10-13-6-5-9-17-13)21(19,20)15-8-4-7-14(16)12(15)3/h4,7-8,11,13,17H,5-6,9-10H2,1-3H3. The molecule has 0 radical (unpaired) electrons. The van der Waals surface area contributed by atoms with Crippen LogP contribution in [0.25, 0.3) is 0 Å². The highest BCUT2D eigenvalue weighted by Crippen LogP contribution is 2.27. The van der Waals surface area contributed by atoms with E-state index in [1.807, 2.05) is 13.8 Å². The second kappa shape index (κ2) is 6.65. The molecule has 1 unspecified atom stereocenters.